The molecule has 1 fully saturated rings. The summed E-state index contributed by atoms with van der Waals surface area (Å²) < 4.78 is 0. The summed E-state index contributed by atoms with van der Waals surface area (Å²) in [6, 6.07) is 2.15. The maximum Gasteiger partial charge on any atom is 0.236 e. The van der Waals surface area contributed by atoms with E-state index in [0.29, 0.717) is 12.5 Å². The van der Waals surface area contributed by atoms with E-state index in [4.69, 9.17) is 5.26 Å². The molecule has 1 N–H and O–H groups in total. The minimum Gasteiger partial charge on any atom is -0.369 e. The number of nitrogens with one attached hydrogen (secondary N) is 1. The summed E-state index contributed by atoms with van der Waals surface area (Å²) in [6.45, 7) is 4.48. The number of rotatable bonds is 3. The van der Waals surface area contributed by atoms with Crippen LogP contribution < -0.4 is 10.2 Å². The molecule has 0 bridgehead atoms. The summed E-state index contributed by atoms with van der Waals surface area (Å²) in [5.41, 5.74) is 1.16. The van der Waals surface area contributed by atoms with Gasteiger partial charge in [-0.25, -0.2) is 9.97 Å². The highest BCUT2D eigenvalue weighted by molar-refractivity contribution is 5.78. The molecule has 7 heteroatoms. The van der Waals surface area contributed by atoms with E-state index < -0.39 is 0 Å². The summed E-state index contributed by atoms with van der Waals surface area (Å²) in [6.07, 6.45) is 3.42. The van der Waals surface area contributed by atoms with Gasteiger partial charge in [0.25, 0.3) is 0 Å². The van der Waals surface area contributed by atoms with Crippen LogP contribution >= 0.6 is 0 Å². The van der Waals surface area contributed by atoms with E-state index in [-0.39, 0.29) is 18.4 Å². The monoisotopic (exact) mass is 314 g/mol. The predicted molar refractivity (Wildman–Crippen MR) is 87.0 cm³/mol. The van der Waals surface area contributed by atoms with Crippen LogP contribution in [0.25, 0.3) is 0 Å². The van der Waals surface area contributed by atoms with Crippen molar-refractivity contribution in [3.8, 4) is 6.07 Å². The molecule has 1 aromatic rings. The lowest BCUT2D eigenvalue weighted by molar-refractivity contribution is -0.131. The number of aromatic nitrogens is 2. The van der Waals surface area contributed by atoms with Crippen LogP contribution in [-0.2, 0) is 11.2 Å². The van der Waals surface area contributed by atoms with Gasteiger partial charge >= 0.3 is 0 Å². The molecular formula is C16H22N6O. The maximum atomic E-state index is 12.0. The van der Waals surface area contributed by atoms with Gasteiger partial charge in [0.2, 0.25) is 5.91 Å². The molecule has 122 valence electrons. The molecule has 7 nitrogen and oxygen atoms in total. The number of carbonyl (C=O) groups excluding carboxylic acids is 1. The van der Waals surface area contributed by atoms with Crippen molar-refractivity contribution in [3.05, 3.63) is 11.9 Å². The lowest BCUT2D eigenvalue weighted by Gasteiger charge is -2.42. The molecule has 2 aliphatic heterocycles. The van der Waals surface area contributed by atoms with Crippen molar-refractivity contribution >= 4 is 17.5 Å². The number of likely N-dealkylation sites (tertiary alicyclic amines) is 1. The number of hydrogen-bond acceptors (Lipinski definition) is 6. The Morgan fingerprint density at radius 2 is 2.39 bits per heavy atom. The minimum absolute atomic E-state index is 0.0440. The zero-order chi connectivity index (χ0) is 16.4. The van der Waals surface area contributed by atoms with E-state index in [2.05, 4.69) is 27.1 Å². The van der Waals surface area contributed by atoms with Crippen LogP contribution in [0.3, 0.4) is 0 Å². The lowest BCUT2D eigenvalue weighted by Crippen LogP contribution is -2.53. The molecule has 1 aromatic heterocycles. The van der Waals surface area contributed by atoms with E-state index in [0.717, 1.165) is 43.1 Å². The Labute approximate surface area is 136 Å². The first-order valence-electron chi connectivity index (χ1n) is 8.07. The van der Waals surface area contributed by atoms with Gasteiger partial charge in [-0.3, -0.25) is 4.79 Å². The van der Waals surface area contributed by atoms with Crippen LogP contribution in [-0.4, -0.2) is 53.5 Å². The Morgan fingerprint density at radius 3 is 3.17 bits per heavy atom. The smallest absolute Gasteiger partial charge is 0.236 e. The SMILES string of the molecule is C[C@@H]1CCN(C(=O)CC#N)C[C@@H]1N(C)c1ncnc2c1CCN2. The quantitative estimate of drug-likeness (QED) is 0.897. The van der Waals surface area contributed by atoms with Crippen molar-refractivity contribution in [1.82, 2.24) is 14.9 Å². The van der Waals surface area contributed by atoms with E-state index in [1.165, 1.54) is 0 Å². The Balaban J connectivity index is 1.80. The van der Waals surface area contributed by atoms with Gasteiger partial charge in [-0.05, 0) is 18.8 Å². The molecule has 0 aromatic carbocycles. The van der Waals surface area contributed by atoms with Crippen molar-refractivity contribution < 1.29 is 4.79 Å². The maximum absolute atomic E-state index is 12.0. The standard InChI is InChI=1S/C16H22N6O/c1-11-5-8-22(14(23)3-6-17)9-13(11)21(2)16-12-4-7-18-15(12)19-10-20-16/h10-11,13H,3-5,7-9H2,1-2H3,(H,18,19,20)/t11-,13+/m1/s1. The fraction of sp³-hybridized carbons (Fsp3) is 0.625. The number of anilines is 2. The Bertz CT molecular complexity index is 640. The molecule has 0 aliphatic carbocycles. The third-order valence-corrected chi connectivity index (χ3v) is 4.92. The number of carbonyl (C=O) groups is 1. The van der Waals surface area contributed by atoms with E-state index in [1.807, 2.05) is 18.0 Å². The number of piperidine rings is 1. The Hall–Kier alpha value is -2.36. The molecule has 0 radical (unpaired) electrons. The minimum atomic E-state index is -0.0765. The highest BCUT2D eigenvalue weighted by Crippen LogP contribution is 2.31. The lowest BCUT2D eigenvalue weighted by atomic mass is 9.92. The van der Waals surface area contributed by atoms with Gasteiger partial charge in [-0.15, -0.1) is 0 Å². The van der Waals surface area contributed by atoms with Crippen LogP contribution in [0.5, 0.6) is 0 Å². The molecule has 0 spiro atoms. The van der Waals surface area contributed by atoms with E-state index in [9.17, 15) is 4.79 Å². The summed E-state index contributed by atoms with van der Waals surface area (Å²) in [4.78, 5) is 24.8. The fourth-order valence-corrected chi connectivity index (χ4v) is 3.51. The first-order valence-corrected chi connectivity index (χ1v) is 8.07. The van der Waals surface area contributed by atoms with Crippen molar-refractivity contribution in [3.63, 3.8) is 0 Å². The van der Waals surface area contributed by atoms with Crippen LogP contribution in [0.1, 0.15) is 25.3 Å². The zero-order valence-corrected chi connectivity index (χ0v) is 13.6. The summed E-state index contributed by atoms with van der Waals surface area (Å²) in [5.74, 6) is 2.26. The zero-order valence-electron chi connectivity index (χ0n) is 13.6. The molecule has 3 heterocycles. The van der Waals surface area contributed by atoms with Crippen LogP contribution in [0.2, 0.25) is 0 Å². The normalized spacial score (nSPS) is 22.9. The first kappa shape index (κ1) is 15.5. The first-order chi connectivity index (χ1) is 11.1. The molecule has 23 heavy (non-hydrogen) atoms. The van der Waals surface area contributed by atoms with Gasteiger partial charge < -0.3 is 15.1 Å². The van der Waals surface area contributed by atoms with Gasteiger partial charge in [0.1, 0.15) is 24.4 Å². The number of nitriles is 1. The Morgan fingerprint density at radius 1 is 1.57 bits per heavy atom. The van der Waals surface area contributed by atoms with E-state index >= 15 is 0 Å². The largest absolute Gasteiger partial charge is 0.369 e. The van der Waals surface area contributed by atoms with Crippen molar-refractivity contribution in [2.45, 2.75) is 32.2 Å². The highest BCUT2D eigenvalue weighted by atomic mass is 16.2. The van der Waals surface area contributed by atoms with Crippen LogP contribution in [0.15, 0.2) is 6.33 Å². The van der Waals surface area contributed by atoms with Crippen molar-refractivity contribution in [2.75, 3.05) is 36.9 Å². The average molecular weight is 314 g/mol. The molecule has 2 aliphatic rings. The van der Waals surface area contributed by atoms with Crippen molar-refractivity contribution in [1.29, 1.82) is 5.26 Å². The van der Waals surface area contributed by atoms with Crippen molar-refractivity contribution in [2.24, 2.45) is 5.92 Å². The van der Waals surface area contributed by atoms with Gasteiger partial charge in [-0.1, -0.05) is 6.92 Å². The molecule has 3 rings (SSSR count). The predicted octanol–water partition coefficient (Wildman–Crippen LogP) is 1.03. The Kier molecular flexibility index (Phi) is 4.33. The van der Waals surface area contributed by atoms with Gasteiger partial charge in [0, 0.05) is 32.2 Å². The molecule has 2 atom stereocenters. The fourth-order valence-electron chi connectivity index (χ4n) is 3.51. The summed E-state index contributed by atoms with van der Waals surface area (Å²) in [7, 11) is 2.04. The van der Waals surface area contributed by atoms with Crippen LogP contribution in [0.4, 0.5) is 11.6 Å². The second kappa shape index (κ2) is 6.41. The van der Waals surface area contributed by atoms with Crippen LogP contribution in [0, 0.1) is 17.2 Å². The molecule has 1 saturated heterocycles. The number of hydrogen-bond donors (Lipinski definition) is 1. The average Bonchev–Trinajstić information content (AvgIpc) is 3.03. The number of nitrogens with zero attached hydrogens (tertiary/aromatic N) is 5. The summed E-state index contributed by atoms with van der Waals surface area (Å²) in [5, 5.41) is 12.0. The van der Waals surface area contributed by atoms with Gasteiger partial charge in [0.05, 0.1) is 12.1 Å². The molecular weight excluding hydrogens is 292 g/mol. The second-order valence-electron chi connectivity index (χ2n) is 6.32. The topological polar surface area (TPSA) is 85.2 Å². The summed E-state index contributed by atoms with van der Waals surface area (Å²) >= 11 is 0. The number of fused-ring (bicyclic) bond motifs is 1. The molecule has 0 unspecified atom stereocenters. The van der Waals surface area contributed by atoms with Gasteiger partial charge in [-0.2, -0.15) is 5.26 Å². The van der Waals surface area contributed by atoms with Gasteiger partial charge in [0.15, 0.2) is 0 Å². The third kappa shape index (κ3) is 2.93. The number of likely N-dealkylation sites (N-methyl/N-ethyl adjacent to an activating group) is 1. The second-order valence-corrected chi connectivity index (χ2v) is 6.32. The molecule has 1 amide bonds. The highest BCUT2D eigenvalue weighted by Gasteiger charge is 2.33. The third-order valence-electron chi connectivity index (χ3n) is 4.92. The molecule has 0 saturated carbocycles. The number of amides is 1. The van der Waals surface area contributed by atoms with E-state index in [1.54, 1.807) is 6.33 Å².